The van der Waals surface area contributed by atoms with Crippen molar-refractivity contribution in [1.29, 1.82) is 0 Å². The van der Waals surface area contributed by atoms with Crippen molar-refractivity contribution >= 4 is 11.9 Å². The number of hydrogen-bond donors (Lipinski definition) is 2. The number of amides is 1. The molecule has 132 valence electrons. The van der Waals surface area contributed by atoms with Gasteiger partial charge < -0.3 is 15.2 Å². The number of aliphatic carboxylic acids is 1. The minimum atomic E-state index is -0.848. The van der Waals surface area contributed by atoms with E-state index in [-0.39, 0.29) is 18.6 Å². The van der Waals surface area contributed by atoms with E-state index in [2.05, 4.69) is 5.32 Å². The van der Waals surface area contributed by atoms with Crippen LogP contribution in [0.4, 0.5) is 0 Å². The van der Waals surface area contributed by atoms with Gasteiger partial charge in [0.25, 0.3) is 0 Å². The molecule has 1 aliphatic heterocycles. The normalized spacial score (nSPS) is 18.0. The van der Waals surface area contributed by atoms with Crippen molar-refractivity contribution in [2.75, 3.05) is 13.1 Å². The minimum Gasteiger partial charge on any atom is -0.480 e. The highest BCUT2D eigenvalue weighted by Crippen LogP contribution is 2.16. The Kier molecular flexibility index (Phi) is 6.75. The van der Waals surface area contributed by atoms with Crippen LogP contribution in [0.3, 0.4) is 0 Å². The standard InChI is InChI=1S/C18H26N2O4/c1-13(2)24-12-15-7-5-14(6-8-15)10-19-17(21)11-20-9-3-4-16(20)18(22)23/h5-8,13,16H,3-4,9-12H2,1-2H3,(H,19,21)(H,22,23)/t16-/m0/s1. The van der Waals surface area contributed by atoms with Crippen LogP contribution in [-0.2, 0) is 27.5 Å². The molecule has 0 saturated carbocycles. The average molecular weight is 334 g/mol. The van der Waals surface area contributed by atoms with Gasteiger partial charge in [0, 0.05) is 6.54 Å². The van der Waals surface area contributed by atoms with Crippen LogP contribution in [0.5, 0.6) is 0 Å². The summed E-state index contributed by atoms with van der Waals surface area (Å²) in [5.41, 5.74) is 2.10. The van der Waals surface area contributed by atoms with E-state index in [1.807, 2.05) is 38.1 Å². The molecule has 1 aliphatic rings. The number of likely N-dealkylation sites (tertiary alicyclic amines) is 1. The lowest BCUT2D eigenvalue weighted by Gasteiger charge is -2.20. The molecule has 0 aromatic heterocycles. The lowest BCUT2D eigenvalue weighted by atomic mass is 10.1. The highest BCUT2D eigenvalue weighted by molar-refractivity contribution is 5.80. The Morgan fingerprint density at radius 2 is 1.96 bits per heavy atom. The van der Waals surface area contributed by atoms with Gasteiger partial charge in [-0.2, -0.15) is 0 Å². The predicted molar refractivity (Wildman–Crippen MR) is 90.4 cm³/mol. The van der Waals surface area contributed by atoms with Gasteiger partial charge in [-0.25, -0.2) is 0 Å². The van der Waals surface area contributed by atoms with Crippen molar-refractivity contribution in [3.63, 3.8) is 0 Å². The maximum absolute atomic E-state index is 12.0. The van der Waals surface area contributed by atoms with Crippen LogP contribution < -0.4 is 5.32 Å². The topological polar surface area (TPSA) is 78.9 Å². The van der Waals surface area contributed by atoms with E-state index in [1.54, 1.807) is 4.90 Å². The highest BCUT2D eigenvalue weighted by Gasteiger charge is 2.31. The molecule has 0 radical (unpaired) electrons. The van der Waals surface area contributed by atoms with Crippen LogP contribution in [-0.4, -0.2) is 47.1 Å². The van der Waals surface area contributed by atoms with E-state index in [4.69, 9.17) is 9.84 Å². The summed E-state index contributed by atoms with van der Waals surface area (Å²) in [5.74, 6) is -0.991. The van der Waals surface area contributed by atoms with Crippen molar-refractivity contribution in [1.82, 2.24) is 10.2 Å². The first kappa shape index (κ1) is 18.4. The lowest BCUT2D eigenvalue weighted by molar-refractivity contribution is -0.142. The molecule has 1 saturated heterocycles. The van der Waals surface area contributed by atoms with Gasteiger partial charge in [-0.3, -0.25) is 14.5 Å². The van der Waals surface area contributed by atoms with E-state index in [0.29, 0.717) is 26.1 Å². The van der Waals surface area contributed by atoms with Gasteiger partial charge in [0.05, 0.1) is 19.3 Å². The number of ether oxygens (including phenoxy) is 1. The highest BCUT2D eigenvalue weighted by atomic mass is 16.5. The molecule has 0 unspecified atom stereocenters. The number of nitrogens with one attached hydrogen (secondary N) is 1. The number of rotatable bonds is 8. The molecule has 0 bridgehead atoms. The second-order valence-electron chi connectivity index (χ2n) is 6.42. The molecule has 1 heterocycles. The zero-order valence-corrected chi connectivity index (χ0v) is 14.3. The predicted octanol–water partition coefficient (Wildman–Crippen LogP) is 1.78. The van der Waals surface area contributed by atoms with E-state index < -0.39 is 12.0 Å². The van der Waals surface area contributed by atoms with Gasteiger partial charge in [-0.1, -0.05) is 24.3 Å². The molecule has 1 aromatic carbocycles. The number of hydrogen-bond acceptors (Lipinski definition) is 4. The molecule has 2 rings (SSSR count). The van der Waals surface area contributed by atoms with Crippen LogP contribution in [0.25, 0.3) is 0 Å². The third-order valence-corrected chi connectivity index (χ3v) is 4.09. The molecular formula is C18H26N2O4. The van der Waals surface area contributed by atoms with E-state index in [1.165, 1.54) is 0 Å². The van der Waals surface area contributed by atoms with Gasteiger partial charge >= 0.3 is 5.97 Å². The fourth-order valence-corrected chi connectivity index (χ4v) is 2.75. The summed E-state index contributed by atoms with van der Waals surface area (Å²) in [4.78, 5) is 24.9. The smallest absolute Gasteiger partial charge is 0.320 e. The molecule has 6 heteroatoms. The fourth-order valence-electron chi connectivity index (χ4n) is 2.75. The molecule has 2 N–H and O–H groups in total. The number of benzene rings is 1. The van der Waals surface area contributed by atoms with Gasteiger partial charge in [0.15, 0.2) is 0 Å². The summed E-state index contributed by atoms with van der Waals surface area (Å²) in [7, 11) is 0. The van der Waals surface area contributed by atoms with Crippen LogP contribution in [0, 0.1) is 0 Å². The Morgan fingerprint density at radius 1 is 1.29 bits per heavy atom. The lowest BCUT2D eigenvalue weighted by Crippen LogP contribution is -2.42. The number of carbonyl (C=O) groups is 2. The third-order valence-electron chi connectivity index (χ3n) is 4.09. The van der Waals surface area contributed by atoms with Crippen molar-refractivity contribution in [3.8, 4) is 0 Å². The zero-order chi connectivity index (χ0) is 17.5. The molecule has 0 aliphatic carbocycles. The van der Waals surface area contributed by atoms with Crippen LogP contribution in [0.2, 0.25) is 0 Å². The average Bonchev–Trinajstić information content (AvgIpc) is 3.00. The van der Waals surface area contributed by atoms with Crippen molar-refractivity contribution in [2.24, 2.45) is 0 Å². The Bertz CT molecular complexity index is 557. The Balaban J connectivity index is 1.76. The first-order chi connectivity index (χ1) is 11.5. The van der Waals surface area contributed by atoms with Crippen LogP contribution in [0.15, 0.2) is 24.3 Å². The van der Waals surface area contributed by atoms with Crippen LogP contribution in [0.1, 0.15) is 37.8 Å². The Hall–Kier alpha value is -1.92. The van der Waals surface area contributed by atoms with E-state index >= 15 is 0 Å². The van der Waals surface area contributed by atoms with Crippen molar-refractivity contribution in [3.05, 3.63) is 35.4 Å². The van der Waals surface area contributed by atoms with Gasteiger partial charge in [-0.05, 0) is 44.4 Å². The molecule has 6 nitrogen and oxygen atoms in total. The number of carbonyl (C=O) groups excluding carboxylic acids is 1. The SMILES string of the molecule is CC(C)OCc1ccc(CNC(=O)CN2CCC[C@H]2C(=O)O)cc1. The summed E-state index contributed by atoms with van der Waals surface area (Å²) >= 11 is 0. The summed E-state index contributed by atoms with van der Waals surface area (Å²) in [6.45, 7) is 5.82. The summed E-state index contributed by atoms with van der Waals surface area (Å²) in [6, 6.07) is 7.39. The van der Waals surface area contributed by atoms with E-state index in [0.717, 1.165) is 17.5 Å². The first-order valence-electron chi connectivity index (χ1n) is 8.38. The molecule has 24 heavy (non-hydrogen) atoms. The molecule has 1 fully saturated rings. The first-order valence-corrected chi connectivity index (χ1v) is 8.38. The van der Waals surface area contributed by atoms with Crippen LogP contribution >= 0.6 is 0 Å². The summed E-state index contributed by atoms with van der Waals surface area (Å²) in [6.07, 6.45) is 1.64. The molecule has 1 amide bonds. The van der Waals surface area contributed by atoms with Crippen molar-refractivity contribution < 1.29 is 19.4 Å². The number of nitrogens with zero attached hydrogens (tertiary/aromatic N) is 1. The molecule has 1 atom stereocenters. The number of carboxylic acids is 1. The Labute approximate surface area is 142 Å². The second kappa shape index (κ2) is 8.80. The second-order valence-corrected chi connectivity index (χ2v) is 6.42. The largest absolute Gasteiger partial charge is 0.480 e. The quantitative estimate of drug-likeness (QED) is 0.757. The molecule has 1 aromatic rings. The van der Waals surface area contributed by atoms with E-state index in [9.17, 15) is 9.59 Å². The number of carboxylic acid groups (broad SMARTS) is 1. The zero-order valence-electron chi connectivity index (χ0n) is 14.3. The van der Waals surface area contributed by atoms with Gasteiger partial charge in [0.2, 0.25) is 5.91 Å². The maximum Gasteiger partial charge on any atom is 0.320 e. The Morgan fingerprint density at radius 3 is 2.58 bits per heavy atom. The molecular weight excluding hydrogens is 308 g/mol. The molecule has 0 spiro atoms. The maximum atomic E-state index is 12.0. The fraction of sp³-hybridized carbons (Fsp3) is 0.556. The summed E-state index contributed by atoms with van der Waals surface area (Å²) in [5, 5.41) is 12.0. The third kappa shape index (κ3) is 5.62. The monoisotopic (exact) mass is 334 g/mol. The summed E-state index contributed by atoms with van der Waals surface area (Å²) < 4.78 is 5.55. The van der Waals surface area contributed by atoms with Crippen molar-refractivity contribution in [2.45, 2.75) is 52.0 Å². The van der Waals surface area contributed by atoms with Gasteiger partial charge in [-0.15, -0.1) is 0 Å². The minimum absolute atomic E-state index is 0.136. The van der Waals surface area contributed by atoms with Gasteiger partial charge in [0.1, 0.15) is 6.04 Å².